The van der Waals surface area contributed by atoms with E-state index in [1.54, 1.807) is 6.92 Å². The minimum Gasteiger partial charge on any atom is -0.480 e. The summed E-state index contributed by atoms with van der Waals surface area (Å²) in [5, 5.41) is 8.72. The Hall–Kier alpha value is -1.86. The van der Waals surface area contributed by atoms with Gasteiger partial charge in [0.15, 0.2) is 23.3 Å². The Morgan fingerprint density at radius 2 is 1.45 bits per heavy atom. The van der Waals surface area contributed by atoms with Gasteiger partial charge < -0.3 is 10.0 Å². The molecule has 0 saturated carbocycles. The van der Waals surface area contributed by atoms with Gasteiger partial charge in [0.2, 0.25) is 5.82 Å². The average molecular weight is 297 g/mol. The van der Waals surface area contributed by atoms with E-state index in [1.807, 2.05) is 0 Å². The normalized spacial score (nSPS) is 12.3. The first kappa shape index (κ1) is 16.2. The summed E-state index contributed by atoms with van der Waals surface area (Å²) in [6, 6.07) is -0.723. The second-order valence-corrected chi connectivity index (χ2v) is 4.20. The number of anilines is 1. The van der Waals surface area contributed by atoms with Crippen LogP contribution in [0.25, 0.3) is 0 Å². The maximum Gasteiger partial charge on any atom is 0.323 e. The number of nitrogens with zero attached hydrogens (tertiary/aromatic N) is 1. The molecular formula is C12H12F5NO2. The van der Waals surface area contributed by atoms with Crippen LogP contribution in [0.1, 0.15) is 20.3 Å². The second kappa shape index (κ2) is 6.06. The number of halogens is 5. The molecule has 20 heavy (non-hydrogen) atoms. The van der Waals surface area contributed by atoms with E-state index in [2.05, 4.69) is 0 Å². The maximum absolute atomic E-state index is 13.6. The van der Waals surface area contributed by atoms with Gasteiger partial charge in [-0.25, -0.2) is 22.0 Å². The average Bonchev–Trinajstić information content (AvgIpc) is 2.40. The van der Waals surface area contributed by atoms with E-state index in [4.69, 9.17) is 5.11 Å². The molecule has 0 spiro atoms. The molecule has 3 nitrogen and oxygen atoms in total. The van der Waals surface area contributed by atoms with Crippen molar-refractivity contribution in [2.24, 2.45) is 0 Å². The molecule has 0 fully saturated rings. The largest absolute Gasteiger partial charge is 0.480 e. The molecule has 0 amide bonds. The molecule has 1 unspecified atom stereocenters. The minimum absolute atomic E-state index is 0.257. The van der Waals surface area contributed by atoms with Crippen LogP contribution >= 0.6 is 0 Å². The zero-order valence-electron chi connectivity index (χ0n) is 10.7. The Balaban J connectivity index is 3.51. The molecule has 112 valence electrons. The summed E-state index contributed by atoms with van der Waals surface area (Å²) in [5.41, 5.74) is -1.22. The lowest BCUT2D eigenvalue weighted by Gasteiger charge is -2.29. The van der Waals surface area contributed by atoms with Crippen molar-refractivity contribution in [2.75, 3.05) is 11.4 Å². The van der Waals surface area contributed by atoms with Crippen LogP contribution in [0.2, 0.25) is 0 Å². The number of aliphatic carboxylic acids is 1. The van der Waals surface area contributed by atoms with Crippen molar-refractivity contribution in [3.63, 3.8) is 0 Å². The van der Waals surface area contributed by atoms with E-state index in [0.717, 1.165) is 0 Å². The molecule has 0 aliphatic rings. The van der Waals surface area contributed by atoms with Crippen LogP contribution in [0.4, 0.5) is 27.6 Å². The highest BCUT2D eigenvalue weighted by molar-refractivity contribution is 5.74. The summed E-state index contributed by atoms with van der Waals surface area (Å²) in [7, 11) is 0. The number of hydrogen-bond acceptors (Lipinski definition) is 2. The first-order chi connectivity index (χ1) is 9.22. The zero-order chi connectivity index (χ0) is 15.6. The summed E-state index contributed by atoms with van der Waals surface area (Å²) in [6.45, 7) is 2.12. The number of rotatable bonds is 5. The van der Waals surface area contributed by atoms with Gasteiger partial charge in [0.05, 0.1) is 0 Å². The van der Waals surface area contributed by atoms with E-state index in [-0.39, 0.29) is 6.42 Å². The number of benzene rings is 1. The molecule has 1 atom stereocenters. The highest BCUT2D eigenvalue weighted by Gasteiger charge is 2.31. The molecule has 1 N–H and O–H groups in total. The van der Waals surface area contributed by atoms with Crippen molar-refractivity contribution in [3.8, 4) is 0 Å². The first-order valence-corrected chi connectivity index (χ1v) is 5.72. The quantitative estimate of drug-likeness (QED) is 0.516. The van der Waals surface area contributed by atoms with Gasteiger partial charge in [-0.3, -0.25) is 4.79 Å². The summed E-state index contributed by atoms with van der Waals surface area (Å²) in [6.07, 6.45) is 0.257. The predicted octanol–water partition coefficient (Wildman–Crippen LogP) is 3.07. The van der Waals surface area contributed by atoms with Gasteiger partial charge in [0, 0.05) is 6.04 Å². The van der Waals surface area contributed by atoms with Crippen molar-refractivity contribution in [1.29, 1.82) is 0 Å². The molecule has 0 heterocycles. The molecule has 0 bridgehead atoms. The molecular weight excluding hydrogens is 285 g/mol. The molecule has 0 aliphatic heterocycles. The van der Waals surface area contributed by atoms with Crippen molar-refractivity contribution < 1.29 is 31.9 Å². The summed E-state index contributed by atoms with van der Waals surface area (Å²) in [5.74, 6) is -12.0. The Morgan fingerprint density at radius 1 is 1.05 bits per heavy atom. The standard InChI is InChI=1S/C12H12F5NO2/c1-3-5(2)18(4-6(19)20)12-10(16)8(14)7(13)9(15)11(12)17/h5H,3-4H2,1-2H3,(H,19,20). The molecule has 1 aromatic carbocycles. The number of carboxylic acids is 1. The van der Waals surface area contributed by atoms with Crippen molar-refractivity contribution >= 4 is 11.7 Å². The van der Waals surface area contributed by atoms with Crippen molar-refractivity contribution in [1.82, 2.24) is 0 Å². The fraction of sp³-hybridized carbons (Fsp3) is 0.417. The molecule has 0 aliphatic carbocycles. The van der Waals surface area contributed by atoms with E-state index in [1.165, 1.54) is 6.92 Å². The van der Waals surface area contributed by atoms with Gasteiger partial charge in [-0.15, -0.1) is 0 Å². The number of carbonyl (C=O) groups is 1. The summed E-state index contributed by atoms with van der Waals surface area (Å²) in [4.78, 5) is 11.4. The monoisotopic (exact) mass is 297 g/mol. The van der Waals surface area contributed by atoms with Gasteiger partial charge in [-0.2, -0.15) is 0 Å². The topological polar surface area (TPSA) is 40.5 Å². The third kappa shape index (κ3) is 2.83. The number of carboxylic acid groups (broad SMARTS) is 1. The van der Waals surface area contributed by atoms with Gasteiger partial charge >= 0.3 is 5.97 Å². The highest BCUT2D eigenvalue weighted by Crippen LogP contribution is 2.31. The van der Waals surface area contributed by atoms with Crippen LogP contribution in [-0.4, -0.2) is 23.7 Å². The fourth-order valence-electron chi connectivity index (χ4n) is 1.67. The molecule has 0 saturated heterocycles. The highest BCUT2D eigenvalue weighted by atomic mass is 19.2. The molecule has 0 radical (unpaired) electrons. The Kier molecular flexibility index (Phi) is 4.91. The summed E-state index contributed by atoms with van der Waals surface area (Å²) < 4.78 is 66.5. The van der Waals surface area contributed by atoms with E-state index < -0.39 is 53.3 Å². The third-order valence-electron chi connectivity index (χ3n) is 2.90. The van der Waals surface area contributed by atoms with Gasteiger partial charge in [-0.05, 0) is 13.3 Å². The van der Waals surface area contributed by atoms with Crippen molar-refractivity contribution in [3.05, 3.63) is 29.1 Å². The lowest BCUT2D eigenvalue weighted by atomic mass is 10.1. The molecule has 1 rings (SSSR count). The van der Waals surface area contributed by atoms with Crippen LogP contribution in [0.3, 0.4) is 0 Å². The second-order valence-electron chi connectivity index (χ2n) is 4.20. The van der Waals surface area contributed by atoms with Gasteiger partial charge in [0.25, 0.3) is 0 Å². The van der Waals surface area contributed by atoms with Crippen LogP contribution in [-0.2, 0) is 4.79 Å². The smallest absolute Gasteiger partial charge is 0.323 e. The predicted molar refractivity (Wildman–Crippen MR) is 61.0 cm³/mol. The SMILES string of the molecule is CCC(C)N(CC(=O)O)c1c(F)c(F)c(F)c(F)c1F. The van der Waals surface area contributed by atoms with Gasteiger partial charge in [-0.1, -0.05) is 6.92 Å². The van der Waals surface area contributed by atoms with Crippen LogP contribution in [0.15, 0.2) is 0 Å². The van der Waals surface area contributed by atoms with Gasteiger partial charge in [0.1, 0.15) is 12.2 Å². The molecule has 8 heteroatoms. The lowest BCUT2D eigenvalue weighted by Crippen LogP contribution is -2.39. The Labute approximate surface area is 111 Å². The third-order valence-corrected chi connectivity index (χ3v) is 2.90. The summed E-state index contributed by atoms with van der Waals surface area (Å²) >= 11 is 0. The fourth-order valence-corrected chi connectivity index (χ4v) is 1.67. The van der Waals surface area contributed by atoms with Crippen LogP contribution < -0.4 is 4.90 Å². The zero-order valence-corrected chi connectivity index (χ0v) is 10.7. The first-order valence-electron chi connectivity index (χ1n) is 5.72. The Bertz CT molecular complexity index is 506. The van der Waals surface area contributed by atoms with E-state index >= 15 is 0 Å². The molecule has 0 aromatic heterocycles. The van der Waals surface area contributed by atoms with Crippen LogP contribution in [0.5, 0.6) is 0 Å². The maximum atomic E-state index is 13.6. The Morgan fingerprint density at radius 3 is 1.80 bits per heavy atom. The van der Waals surface area contributed by atoms with E-state index in [9.17, 15) is 26.7 Å². The van der Waals surface area contributed by atoms with Crippen molar-refractivity contribution in [2.45, 2.75) is 26.3 Å². The lowest BCUT2D eigenvalue weighted by molar-refractivity contribution is -0.135. The van der Waals surface area contributed by atoms with E-state index in [0.29, 0.717) is 4.90 Å². The minimum atomic E-state index is -2.27. The molecule has 1 aromatic rings. The number of hydrogen-bond donors (Lipinski definition) is 1. The van der Waals surface area contributed by atoms with Crippen LogP contribution in [0, 0.1) is 29.1 Å².